The van der Waals surface area contributed by atoms with Crippen LogP contribution in [0.3, 0.4) is 0 Å². The number of alkyl halides is 1. The van der Waals surface area contributed by atoms with E-state index in [0.29, 0.717) is 24.2 Å². The molecule has 0 atom stereocenters. The van der Waals surface area contributed by atoms with Gasteiger partial charge in [0.25, 0.3) is 0 Å². The number of hydrogen-bond donors (Lipinski definition) is 1. The van der Waals surface area contributed by atoms with Gasteiger partial charge >= 0.3 is 0 Å². The fraction of sp³-hybridized carbons (Fsp3) is 0.455. The van der Waals surface area contributed by atoms with Gasteiger partial charge in [-0.25, -0.2) is 8.78 Å². The van der Waals surface area contributed by atoms with Crippen LogP contribution < -0.4 is 5.32 Å². The third-order valence-corrected chi connectivity index (χ3v) is 2.10. The van der Waals surface area contributed by atoms with Crippen molar-refractivity contribution in [2.45, 2.75) is 20.4 Å². The second-order valence-electron chi connectivity index (χ2n) is 3.41. The summed E-state index contributed by atoms with van der Waals surface area (Å²) in [5.74, 6) is -0.153. The van der Waals surface area contributed by atoms with E-state index in [1.54, 1.807) is 26.0 Å². The Morgan fingerprint density at radius 1 is 1.21 bits per heavy atom. The van der Waals surface area contributed by atoms with Gasteiger partial charge in [0.2, 0.25) is 0 Å². The van der Waals surface area contributed by atoms with E-state index < -0.39 is 0 Å². The van der Waals surface area contributed by atoms with E-state index in [9.17, 15) is 8.78 Å². The molecule has 0 amide bonds. The summed E-state index contributed by atoms with van der Waals surface area (Å²) in [7, 11) is 0. The summed E-state index contributed by atoms with van der Waals surface area (Å²) < 4.78 is 25.0. The van der Waals surface area contributed by atoms with Crippen LogP contribution in [-0.2, 0) is 6.54 Å². The monoisotopic (exact) mass is 199 g/mol. The second-order valence-corrected chi connectivity index (χ2v) is 3.41. The van der Waals surface area contributed by atoms with Gasteiger partial charge in [-0.15, -0.1) is 0 Å². The molecule has 0 fully saturated rings. The zero-order valence-electron chi connectivity index (χ0n) is 8.53. The van der Waals surface area contributed by atoms with Gasteiger partial charge in [0.1, 0.15) is 12.5 Å². The third-order valence-electron chi connectivity index (χ3n) is 2.10. The topological polar surface area (TPSA) is 12.0 Å². The lowest BCUT2D eigenvalue weighted by molar-refractivity contribution is 0.466. The zero-order valence-corrected chi connectivity index (χ0v) is 8.53. The molecular formula is C11H15F2N. The highest BCUT2D eigenvalue weighted by atomic mass is 19.1. The minimum atomic E-state index is -0.376. The first-order chi connectivity index (χ1) is 6.65. The van der Waals surface area contributed by atoms with Crippen LogP contribution in [0.4, 0.5) is 8.78 Å². The van der Waals surface area contributed by atoms with Crippen molar-refractivity contribution in [3.05, 3.63) is 34.6 Å². The fourth-order valence-electron chi connectivity index (χ4n) is 1.44. The molecule has 14 heavy (non-hydrogen) atoms. The van der Waals surface area contributed by atoms with E-state index >= 15 is 0 Å². The maximum Gasteiger partial charge on any atom is 0.129 e. The summed E-state index contributed by atoms with van der Waals surface area (Å²) in [6, 6.07) is 3.57. The standard InChI is InChI=1S/C11H15F2N/c1-8-5-10(7-14-4-3-12)6-9(2)11(8)13/h5-6,14H,3-4,7H2,1-2H3. The van der Waals surface area contributed by atoms with Crippen LogP contribution in [0, 0.1) is 19.7 Å². The van der Waals surface area contributed by atoms with E-state index in [4.69, 9.17) is 0 Å². The predicted molar refractivity (Wildman–Crippen MR) is 53.6 cm³/mol. The Kier molecular flexibility index (Phi) is 4.01. The molecule has 0 aliphatic carbocycles. The smallest absolute Gasteiger partial charge is 0.129 e. The van der Waals surface area contributed by atoms with Crippen LogP contribution in [-0.4, -0.2) is 13.2 Å². The highest BCUT2D eigenvalue weighted by Gasteiger charge is 2.03. The van der Waals surface area contributed by atoms with Crippen LogP contribution in [0.5, 0.6) is 0 Å². The first-order valence-electron chi connectivity index (χ1n) is 4.67. The average molecular weight is 199 g/mol. The van der Waals surface area contributed by atoms with Gasteiger partial charge in [-0.1, -0.05) is 12.1 Å². The molecule has 1 nitrogen and oxygen atoms in total. The third kappa shape index (κ3) is 2.77. The molecule has 0 radical (unpaired) electrons. The van der Waals surface area contributed by atoms with Crippen molar-refractivity contribution in [2.24, 2.45) is 0 Å². The molecule has 78 valence electrons. The maximum atomic E-state index is 13.2. The molecule has 1 aromatic rings. The van der Waals surface area contributed by atoms with Crippen molar-refractivity contribution in [2.75, 3.05) is 13.2 Å². The minimum absolute atomic E-state index is 0.153. The molecule has 0 aliphatic rings. The minimum Gasteiger partial charge on any atom is -0.310 e. The first-order valence-corrected chi connectivity index (χ1v) is 4.67. The van der Waals surface area contributed by atoms with Gasteiger partial charge in [0, 0.05) is 13.1 Å². The molecule has 0 aromatic heterocycles. The number of benzene rings is 1. The van der Waals surface area contributed by atoms with Crippen molar-refractivity contribution < 1.29 is 8.78 Å². The number of hydrogen-bond acceptors (Lipinski definition) is 1. The fourth-order valence-corrected chi connectivity index (χ4v) is 1.44. The molecule has 1 aromatic carbocycles. The maximum absolute atomic E-state index is 13.2. The summed E-state index contributed by atoms with van der Waals surface area (Å²) in [5.41, 5.74) is 2.28. The second kappa shape index (κ2) is 5.05. The number of halogens is 2. The van der Waals surface area contributed by atoms with Gasteiger partial charge in [-0.2, -0.15) is 0 Å². The Hall–Kier alpha value is -0.960. The first kappa shape index (κ1) is 11.1. The Morgan fingerprint density at radius 2 is 1.79 bits per heavy atom. The van der Waals surface area contributed by atoms with E-state index in [2.05, 4.69) is 5.32 Å². The van der Waals surface area contributed by atoms with Gasteiger partial charge in [0.05, 0.1) is 0 Å². The molecule has 0 unspecified atom stereocenters. The van der Waals surface area contributed by atoms with Crippen LogP contribution in [0.15, 0.2) is 12.1 Å². The largest absolute Gasteiger partial charge is 0.310 e. The van der Waals surface area contributed by atoms with Crippen molar-refractivity contribution in [3.63, 3.8) is 0 Å². The lowest BCUT2D eigenvalue weighted by Gasteiger charge is -2.07. The summed E-state index contributed by atoms with van der Waals surface area (Å²) in [5, 5.41) is 2.93. The highest BCUT2D eigenvalue weighted by molar-refractivity contribution is 5.30. The normalized spacial score (nSPS) is 10.6. The summed E-state index contributed by atoms with van der Waals surface area (Å²) in [6.07, 6.45) is 0. The lowest BCUT2D eigenvalue weighted by atomic mass is 10.1. The molecule has 1 rings (SSSR count). The van der Waals surface area contributed by atoms with E-state index in [-0.39, 0.29) is 12.5 Å². The molecule has 0 saturated heterocycles. The molecule has 0 saturated carbocycles. The van der Waals surface area contributed by atoms with Crippen molar-refractivity contribution in [3.8, 4) is 0 Å². The summed E-state index contributed by atoms with van der Waals surface area (Å²) >= 11 is 0. The van der Waals surface area contributed by atoms with Crippen LogP contribution in [0.1, 0.15) is 16.7 Å². The molecule has 0 aliphatic heterocycles. The molecule has 3 heteroatoms. The van der Waals surface area contributed by atoms with E-state index in [1.165, 1.54) is 0 Å². The molecule has 1 N–H and O–H groups in total. The molecule has 0 heterocycles. The van der Waals surface area contributed by atoms with Crippen molar-refractivity contribution in [1.82, 2.24) is 5.32 Å². The van der Waals surface area contributed by atoms with Gasteiger partial charge in [-0.3, -0.25) is 0 Å². The number of rotatable bonds is 4. The Morgan fingerprint density at radius 3 is 2.29 bits per heavy atom. The molecular weight excluding hydrogens is 184 g/mol. The van der Waals surface area contributed by atoms with Crippen molar-refractivity contribution in [1.29, 1.82) is 0 Å². The van der Waals surface area contributed by atoms with Gasteiger partial charge < -0.3 is 5.32 Å². The Labute approximate surface area is 83.1 Å². The SMILES string of the molecule is Cc1cc(CNCCF)cc(C)c1F. The molecule has 0 spiro atoms. The van der Waals surface area contributed by atoms with Gasteiger partial charge in [0.15, 0.2) is 0 Å². The highest BCUT2D eigenvalue weighted by Crippen LogP contribution is 2.14. The van der Waals surface area contributed by atoms with E-state index in [1.807, 2.05) is 0 Å². The lowest BCUT2D eigenvalue weighted by Crippen LogP contribution is -2.16. The molecule has 0 bridgehead atoms. The van der Waals surface area contributed by atoms with Crippen LogP contribution in [0.2, 0.25) is 0 Å². The predicted octanol–water partition coefficient (Wildman–Crippen LogP) is 2.50. The summed E-state index contributed by atoms with van der Waals surface area (Å²) in [4.78, 5) is 0. The Balaban J connectivity index is 2.69. The van der Waals surface area contributed by atoms with Crippen LogP contribution >= 0.6 is 0 Å². The van der Waals surface area contributed by atoms with Gasteiger partial charge in [-0.05, 0) is 30.5 Å². The Bertz CT molecular complexity index is 287. The van der Waals surface area contributed by atoms with Crippen LogP contribution in [0.25, 0.3) is 0 Å². The quantitative estimate of drug-likeness (QED) is 0.735. The summed E-state index contributed by atoms with van der Waals surface area (Å²) in [6.45, 7) is 4.03. The average Bonchev–Trinajstić information content (AvgIpc) is 2.14. The number of nitrogens with one attached hydrogen (secondary N) is 1. The van der Waals surface area contributed by atoms with E-state index in [0.717, 1.165) is 5.56 Å². The van der Waals surface area contributed by atoms with Crippen molar-refractivity contribution >= 4 is 0 Å². The zero-order chi connectivity index (χ0) is 10.6. The number of aryl methyl sites for hydroxylation is 2.